The highest BCUT2D eigenvalue weighted by Gasteiger charge is 2.27. The zero-order valence-corrected chi connectivity index (χ0v) is 14.0. The van der Waals surface area contributed by atoms with Crippen molar-refractivity contribution in [2.45, 2.75) is 46.6 Å². The van der Waals surface area contributed by atoms with Gasteiger partial charge in [-0.2, -0.15) is 0 Å². The SMILES string of the molecule is CCN(CC)CC#C[Si](C)(C)O[Si](C)(C)C. The highest BCUT2D eigenvalue weighted by molar-refractivity contribution is 6.88. The standard InChI is InChI=1S/C12H27NOSi2/c1-8-13(9-2)11-10-12-16(6,7)14-15(3,4)5/h8-9,11H2,1-7H3. The van der Waals surface area contributed by atoms with Crippen LogP contribution in [0.3, 0.4) is 0 Å². The van der Waals surface area contributed by atoms with Crippen LogP contribution in [0.1, 0.15) is 13.8 Å². The molecule has 4 heteroatoms. The first-order valence-corrected chi connectivity index (χ1v) is 12.4. The molecule has 0 N–H and O–H groups in total. The van der Waals surface area contributed by atoms with Gasteiger partial charge in [0.1, 0.15) is 0 Å². The zero-order valence-electron chi connectivity index (χ0n) is 12.0. The Hall–Kier alpha value is -0.0862. The molecule has 0 heterocycles. The minimum Gasteiger partial charge on any atom is -0.447 e. The molecule has 0 atom stereocenters. The smallest absolute Gasteiger partial charge is 0.255 e. The third-order valence-electron chi connectivity index (χ3n) is 2.15. The molecule has 0 saturated carbocycles. The summed E-state index contributed by atoms with van der Waals surface area (Å²) in [6.45, 7) is 18.4. The van der Waals surface area contributed by atoms with Crippen LogP contribution < -0.4 is 0 Å². The van der Waals surface area contributed by atoms with Crippen molar-refractivity contribution in [2.75, 3.05) is 19.6 Å². The maximum atomic E-state index is 6.16. The van der Waals surface area contributed by atoms with Gasteiger partial charge < -0.3 is 4.12 Å². The lowest BCUT2D eigenvalue weighted by Gasteiger charge is -2.27. The summed E-state index contributed by atoms with van der Waals surface area (Å²) in [6.07, 6.45) is 0. The zero-order chi connectivity index (χ0) is 12.8. The Morgan fingerprint density at radius 3 is 1.88 bits per heavy atom. The molecule has 0 saturated heterocycles. The summed E-state index contributed by atoms with van der Waals surface area (Å²) in [7, 11) is -3.20. The van der Waals surface area contributed by atoms with Crippen LogP contribution in [-0.2, 0) is 4.12 Å². The Balaban J connectivity index is 4.30. The topological polar surface area (TPSA) is 12.5 Å². The van der Waals surface area contributed by atoms with E-state index in [1.165, 1.54) is 0 Å². The second kappa shape index (κ2) is 6.60. The van der Waals surface area contributed by atoms with Gasteiger partial charge in [0.15, 0.2) is 8.32 Å². The van der Waals surface area contributed by atoms with Crippen molar-refractivity contribution >= 4 is 16.6 Å². The molecule has 0 bridgehead atoms. The molecule has 0 radical (unpaired) electrons. The second-order valence-corrected chi connectivity index (χ2v) is 13.8. The predicted octanol–water partition coefficient (Wildman–Crippen LogP) is 2.93. The van der Waals surface area contributed by atoms with E-state index in [2.05, 4.69) is 62.9 Å². The third kappa shape index (κ3) is 8.11. The van der Waals surface area contributed by atoms with Crippen molar-refractivity contribution in [3.8, 4) is 11.5 Å². The molecule has 2 nitrogen and oxygen atoms in total. The Morgan fingerprint density at radius 2 is 1.50 bits per heavy atom. The lowest BCUT2D eigenvalue weighted by Crippen LogP contribution is -2.41. The van der Waals surface area contributed by atoms with Crippen LogP contribution in [0, 0.1) is 11.5 Å². The van der Waals surface area contributed by atoms with E-state index >= 15 is 0 Å². The van der Waals surface area contributed by atoms with E-state index in [-0.39, 0.29) is 0 Å². The third-order valence-corrected chi connectivity index (χ3v) is 7.42. The lowest BCUT2D eigenvalue weighted by molar-refractivity contribution is 0.342. The van der Waals surface area contributed by atoms with Crippen LogP contribution in [0.25, 0.3) is 0 Å². The fraction of sp³-hybridized carbons (Fsp3) is 0.833. The van der Waals surface area contributed by atoms with Gasteiger partial charge >= 0.3 is 0 Å². The molecule has 0 amide bonds. The molecule has 0 aromatic rings. The highest BCUT2D eigenvalue weighted by Crippen LogP contribution is 2.12. The fourth-order valence-electron chi connectivity index (χ4n) is 1.60. The molecule has 0 fully saturated rings. The van der Waals surface area contributed by atoms with Crippen LogP contribution >= 0.6 is 0 Å². The normalized spacial score (nSPS) is 12.5. The van der Waals surface area contributed by atoms with Crippen molar-refractivity contribution in [3.05, 3.63) is 0 Å². The van der Waals surface area contributed by atoms with Gasteiger partial charge in [-0.25, -0.2) is 0 Å². The summed E-state index contributed by atoms with van der Waals surface area (Å²) in [5, 5.41) is 0. The van der Waals surface area contributed by atoms with Gasteiger partial charge in [0.25, 0.3) is 8.32 Å². The summed E-state index contributed by atoms with van der Waals surface area (Å²) in [6, 6.07) is 0. The van der Waals surface area contributed by atoms with Crippen molar-refractivity contribution in [3.63, 3.8) is 0 Å². The molecular formula is C12H27NOSi2. The van der Waals surface area contributed by atoms with Crippen molar-refractivity contribution in [2.24, 2.45) is 0 Å². The van der Waals surface area contributed by atoms with Gasteiger partial charge in [-0.05, 0) is 45.8 Å². The fourth-order valence-corrected chi connectivity index (χ4v) is 8.44. The number of rotatable bonds is 5. The van der Waals surface area contributed by atoms with E-state index < -0.39 is 16.6 Å². The van der Waals surface area contributed by atoms with Gasteiger partial charge in [-0.15, -0.1) is 0 Å². The first-order valence-electron chi connectivity index (χ1n) is 6.12. The molecule has 0 unspecified atom stereocenters. The molecule has 0 spiro atoms. The average Bonchev–Trinajstić information content (AvgIpc) is 2.08. The summed E-state index contributed by atoms with van der Waals surface area (Å²) < 4.78 is 6.16. The number of hydrogen-bond acceptors (Lipinski definition) is 2. The second-order valence-electron chi connectivity index (χ2n) is 5.49. The molecule has 0 aromatic heterocycles. The van der Waals surface area contributed by atoms with Gasteiger partial charge in [0.2, 0.25) is 0 Å². The maximum absolute atomic E-state index is 6.16. The van der Waals surface area contributed by atoms with Crippen molar-refractivity contribution in [1.29, 1.82) is 0 Å². The van der Waals surface area contributed by atoms with E-state index in [0.29, 0.717) is 0 Å². The largest absolute Gasteiger partial charge is 0.447 e. The molecule has 16 heavy (non-hydrogen) atoms. The Labute approximate surface area is 104 Å². The van der Waals surface area contributed by atoms with E-state index in [1.807, 2.05) is 0 Å². The molecule has 0 aliphatic carbocycles. The van der Waals surface area contributed by atoms with E-state index in [9.17, 15) is 0 Å². The first kappa shape index (κ1) is 15.9. The predicted molar refractivity (Wildman–Crippen MR) is 77.5 cm³/mol. The lowest BCUT2D eigenvalue weighted by atomic mass is 10.5. The minimum atomic E-state index is -1.76. The summed E-state index contributed by atoms with van der Waals surface area (Å²) >= 11 is 0. The molecule has 0 aliphatic heterocycles. The Morgan fingerprint density at radius 1 is 1.00 bits per heavy atom. The summed E-state index contributed by atoms with van der Waals surface area (Å²) in [5.41, 5.74) is 3.37. The van der Waals surface area contributed by atoms with E-state index in [1.54, 1.807) is 0 Å². The molecule has 0 aromatic carbocycles. The van der Waals surface area contributed by atoms with Crippen molar-refractivity contribution < 1.29 is 4.12 Å². The Kier molecular flexibility index (Phi) is 6.57. The summed E-state index contributed by atoms with van der Waals surface area (Å²) in [5.74, 6) is 3.29. The van der Waals surface area contributed by atoms with Crippen LogP contribution in [-0.4, -0.2) is 41.2 Å². The first-order chi connectivity index (χ1) is 7.20. The van der Waals surface area contributed by atoms with Gasteiger partial charge in [-0.3, -0.25) is 4.90 Å². The molecular weight excluding hydrogens is 230 g/mol. The van der Waals surface area contributed by atoms with E-state index in [4.69, 9.17) is 4.12 Å². The van der Waals surface area contributed by atoms with Gasteiger partial charge in [-0.1, -0.05) is 25.3 Å². The number of nitrogens with zero attached hydrogens (tertiary/aromatic N) is 1. The van der Waals surface area contributed by atoms with Crippen LogP contribution in [0.15, 0.2) is 0 Å². The maximum Gasteiger partial charge on any atom is 0.255 e. The molecule has 0 aliphatic rings. The van der Waals surface area contributed by atoms with Crippen LogP contribution in [0.5, 0.6) is 0 Å². The summed E-state index contributed by atoms with van der Waals surface area (Å²) in [4.78, 5) is 2.33. The van der Waals surface area contributed by atoms with Gasteiger partial charge in [0, 0.05) is 0 Å². The van der Waals surface area contributed by atoms with Crippen molar-refractivity contribution in [1.82, 2.24) is 4.90 Å². The van der Waals surface area contributed by atoms with Crippen LogP contribution in [0.2, 0.25) is 32.7 Å². The van der Waals surface area contributed by atoms with E-state index in [0.717, 1.165) is 19.6 Å². The monoisotopic (exact) mass is 257 g/mol. The van der Waals surface area contributed by atoms with Crippen LogP contribution in [0.4, 0.5) is 0 Å². The Bertz CT molecular complexity index is 256. The quantitative estimate of drug-likeness (QED) is 0.555. The highest BCUT2D eigenvalue weighted by atomic mass is 28.4. The van der Waals surface area contributed by atoms with Gasteiger partial charge in [0.05, 0.1) is 6.54 Å². The molecule has 94 valence electrons. The number of hydrogen-bond donors (Lipinski definition) is 0. The molecule has 0 rings (SSSR count). The average molecular weight is 258 g/mol. The minimum absolute atomic E-state index is 0.874.